The molecule has 0 bridgehead atoms. The van der Waals surface area contributed by atoms with E-state index >= 15 is 0 Å². The van der Waals surface area contributed by atoms with Crippen LogP contribution in [-0.2, 0) is 0 Å². The van der Waals surface area contributed by atoms with Crippen molar-refractivity contribution >= 4 is 46.4 Å². The Morgan fingerprint density at radius 2 is 1.25 bits per heavy atom. The van der Waals surface area contributed by atoms with Gasteiger partial charge in [0.05, 0.1) is 5.88 Å². The average Bonchev–Trinajstić information content (AvgIpc) is 1.71. The van der Waals surface area contributed by atoms with Crippen molar-refractivity contribution < 1.29 is 0 Å². The third-order valence-corrected chi connectivity index (χ3v) is 1.36. The highest BCUT2D eigenvalue weighted by Crippen LogP contribution is 2.26. The summed E-state index contributed by atoms with van der Waals surface area (Å²) in [4.78, 5) is 0. The molecule has 0 spiro atoms. The van der Waals surface area contributed by atoms with Gasteiger partial charge in [0.15, 0.2) is 0 Å². The number of alkyl halides is 4. The van der Waals surface area contributed by atoms with E-state index in [9.17, 15) is 0 Å². The SMILES string of the molecule is C=C.ClCC(Cl)(Cl)Cl. The van der Waals surface area contributed by atoms with Crippen LogP contribution in [0.1, 0.15) is 0 Å². The van der Waals surface area contributed by atoms with E-state index in [1.54, 1.807) is 0 Å². The lowest BCUT2D eigenvalue weighted by atomic mass is 10.9. The largest absolute Gasteiger partial charge is 0.203 e. The molecular formula is C4H6Cl4. The van der Waals surface area contributed by atoms with E-state index in [2.05, 4.69) is 13.2 Å². The molecule has 0 aliphatic rings. The van der Waals surface area contributed by atoms with E-state index in [1.165, 1.54) is 0 Å². The lowest BCUT2D eigenvalue weighted by Crippen LogP contribution is -2.01. The summed E-state index contributed by atoms with van der Waals surface area (Å²) in [7, 11) is 0. The van der Waals surface area contributed by atoms with Crippen LogP contribution in [0.3, 0.4) is 0 Å². The fourth-order valence-electron chi connectivity index (χ4n) is 0. The molecule has 0 aromatic carbocycles. The molecule has 0 fully saturated rings. The van der Waals surface area contributed by atoms with Crippen molar-refractivity contribution in [1.29, 1.82) is 0 Å². The summed E-state index contributed by atoms with van der Waals surface area (Å²) in [5.41, 5.74) is 0. The molecule has 4 heteroatoms. The van der Waals surface area contributed by atoms with Crippen LogP contribution in [0.15, 0.2) is 13.2 Å². The molecule has 0 aliphatic carbocycles. The normalized spacial score (nSPS) is 9.50. The Kier molecular flexibility index (Phi) is 8.79. The fourth-order valence-corrected chi connectivity index (χ4v) is 0. The Bertz CT molecular complexity index is 46.5. The van der Waals surface area contributed by atoms with Gasteiger partial charge in [0.25, 0.3) is 0 Å². The number of rotatable bonds is 0. The fraction of sp³-hybridized carbons (Fsp3) is 0.500. The molecule has 0 atom stereocenters. The molecule has 0 heterocycles. The smallest absolute Gasteiger partial charge is 0.122 e. The van der Waals surface area contributed by atoms with Gasteiger partial charge in [-0.2, -0.15) is 0 Å². The summed E-state index contributed by atoms with van der Waals surface area (Å²) in [6.45, 7) is 6.00. The molecule has 0 aromatic rings. The molecule has 8 heavy (non-hydrogen) atoms. The van der Waals surface area contributed by atoms with Crippen LogP contribution < -0.4 is 0 Å². The minimum atomic E-state index is -1.28. The Labute approximate surface area is 69.4 Å². The molecule has 0 saturated carbocycles. The summed E-state index contributed by atoms with van der Waals surface area (Å²) in [6.07, 6.45) is 0. The highest BCUT2D eigenvalue weighted by molar-refractivity contribution is 6.69. The van der Waals surface area contributed by atoms with Gasteiger partial charge in [-0.15, -0.1) is 24.8 Å². The molecule has 0 nitrogen and oxygen atoms in total. The van der Waals surface area contributed by atoms with Crippen LogP contribution in [0.4, 0.5) is 0 Å². The lowest BCUT2D eigenvalue weighted by Gasteiger charge is -2.00. The first kappa shape index (κ1) is 11.7. The molecule has 0 aliphatic heterocycles. The van der Waals surface area contributed by atoms with E-state index in [1.807, 2.05) is 0 Å². The summed E-state index contributed by atoms with van der Waals surface area (Å²) >= 11 is 20.4. The van der Waals surface area contributed by atoms with Crippen molar-refractivity contribution in [3.05, 3.63) is 13.2 Å². The Morgan fingerprint density at radius 1 is 1.12 bits per heavy atom. The predicted octanol–water partition coefficient (Wildman–Crippen LogP) is 3.40. The highest BCUT2D eigenvalue weighted by atomic mass is 35.6. The molecule has 50 valence electrons. The standard InChI is InChI=1S/C2H2Cl4.C2H4/c3-1-2(4,5)6;1-2/h1H2;1-2H2. The Morgan fingerprint density at radius 3 is 1.25 bits per heavy atom. The molecule has 0 N–H and O–H groups in total. The minimum Gasteiger partial charge on any atom is -0.122 e. The van der Waals surface area contributed by atoms with E-state index in [0.29, 0.717) is 0 Å². The van der Waals surface area contributed by atoms with Crippen LogP contribution in [0.25, 0.3) is 0 Å². The van der Waals surface area contributed by atoms with Crippen LogP contribution in [0.5, 0.6) is 0 Å². The maximum Gasteiger partial charge on any atom is 0.203 e. The Hall–Kier alpha value is 0.900. The second-order valence-corrected chi connectivity index (χ2v) is 3.53. The zero-order valence-electron chi connectivity index (χ0n) is 4.13. The minimum absolute atomic E-state index is 0.0394. The second-order valence-electron chi connectivity index (χ2n) is 0.749. The molecule has 0 amide bonds. The van der Waals surface area contributed by atoms with Crippen molar-refractivity contribution in [3.63, 3.8) is 0 Å². The zero-order chi connectivity index (χ0) is 7.21. The van der Waals surface area contributed by atoms with E-state index in [0.717, 1.165) is 0 Å². The van der Waals surface area contributed by atoms with E-state index in [4.69, 9.17) is 46.4 Å². The van der Waals surface area contributed by atoms with Crippen molar-refractivity contribution in [2.75, 3.05) is 5.88 Å². The van der Waals surface area contributed by atoms with Crippen molar-refractivity contribution in [1.82, 2.24) is 0 Å². The quantitative estimate of drug-likeness (QED) is 0.411. The van der Waals surface area contributed by atoms with Crippen LogP contribution in [0.2, 0.25) is 0 Å². The summed E-state index contributed by atoms with van der Waals surface area (Å²) in [5.74, 6) is 0.0394. The predicted molar refractivity (Wildman–Crippen MR) is 42.3 cm³/mol. The topological polar surface area (TPSA) is 0 Å². The van der Waals surface area contributed by atoms with Crippen LogP contribution >= 0.6 is 46.4 Å². The number of hydrogen-bond acceptors (Lipinski definition) is 0. The van der Waals surface area contributed by atoms with Gasteiger partial charge >= 0.3 is 0 Å². The summed E-state index contributed by atoms with van der Waals surface area (Å²) < 4.78 is -1.28. The first-order valence-electron chi connectivity index (χ1n) is 1.69. The maximum atomic E-state index is 5.12. The average molecular weight is 196 g/mol. The third kappa shape index (κ3) is 15.8. The van der Waals surface area contributed by atoms with Crippen LogP contribution in [0, 0.1) is 0 Å². The van der Waals surface area contributed by atoms with Crippen molar-refractivity contribution in [2.45, 2.75) is 3.79 Å². The van der Waals surface area contributed by atoms with E-state index in [-0.39, 0.29) is 5.88 Å². The lowest BCUT2D eigenvalue weighted by molar-refractivity contribution is 1.28. The molecule has 0 radical (unpaired) electrons. The maximum absolute atomic E-state index is 5.12. The molecular weight excluding hydrogens is 190 g/mol. The van der Waals surface area contributed by atoms with Gasteiger partial charge in [-0.25, -0.2) is 0 Å². The zero-order valence-corrected chi connectivity index (χ0v) is 7.16. The number of hydrogen-bond donors (Lipinski definition) is 0. The summed E-state index contributed by atoms with van der Waals surface area (Å²) in [6, 6.07) is 0. The highest BCUT2D eigenvalue weighted by Gasteiger charge is 2.16. The van der Waals surface area contributed by atoms with E-state index < -0.39 is 3.79 Å². The molecule has 0 rings (SSSR count). The Balaban J connectivity index is 0. The first-order chi connectivity index (χ1) is 3.56. The summed E-state index contributed by atoms with van der Waals surface area (Å²) in [5, 5.41) is 0. The van der Waals surface area contributed by atoms with Crippen molar-refractivity contribution in [3.8, 4) is 0 Å². The van der Waals surface area contributed by atoms with Crippen molar-refractivity contribution in [2.24, 2.45) is 0 Å². The van der Waals surface area contributed by atoms with Gasteiger partial charge in [0.2, 0.25) is 3.79 Å². The van der Waals surface area contributed by atoms with Gasteiger partial charge in [-0.1, -0.05) is 34.8 Å². The molecule has 0 aromatic heterocycles. The second kappa shape index (κ2) is 6.03. The van der Waals surface area contributed by atoms with Gasteiger partial charge in [-0.05, 0) is 0 Å². The van der Waals surface area contributed by atoms with Gasteiger partial charge < -0.3 is 0 Å². The first-order valence-corrected chi connectivity index (χ1v) is 3.36. The number of halogens is 4. The van der Waals surface area contributed by atoms with Gasteiger partial charge in [-0.3, -0.25) is 0 Å². The van der Waals surface area contributed by atoms with Crippen LogP contribution in [-0.4, -0.2) is 9.67 Å². The monoisotopic (exact) mass is 194 g/mol. The molecule has 0 saturated heterocycles. The molecule has 0 unspecified atom stereocenters. The van der Waals surface area contributed by atoms with Gasteiger partial charge in [0, 0.05) is 0 Å². The third-order valence-electron chi connectivity index (χ3n) is 0.152. The van der Waals surface area contributed by atoms with Gasteiger partial charge in [0.1, 0.15) is 0 Å².